The molecule has 1 amide bonds. The smallest absolute Gasteiger partial charge is 0.270 e. The van der Waals surface area contributed by atoms with Crippen LogP contribution in [0.2, 0.25) is 0 Å². The van der Waals surface area contributed by atoms with Gasteiger partial charge in [0.15, 0.2) is 0 Å². The normalized spacial score (nSPS) is 10.9. The summed E-state index contributed by atoms with van der Waals surface area (Å²) >= 11 is 0. The Kier molecular flexibility index (Phi) is 6.13. The fraction of sp³-hybridized carbons (Fsp3) is 0.292. The third-order valence-electron chi connectivity index (χ3n) is 4.64. The second kappa shape index (κ2) is 8.74. The lowest BCUT2D eigenvalue weighted by atomic mass is 9.98. The van der Waals surface area contributed by atoms with Gasteiger partial charge in [-0.05, 0) is 45.4 Å². The Morgan fingerprint density at radius 1 is 1.07 bits per heavy atom. The number of hydrogen-bond donors (Lipinski definition) is 1. The summed E-state index contributed by atoms with van der Waals surface area (Å²) in [6.07, 6.45) is 0.601. The van der Waals surface area contributed by atoms with Crippen LogP contribution >= 0.6 is 0 Å². The molecular weight excluding hydrogens is 360 g/mol. The minimum absolute atomic E-state index is 0.0287. The van der Waals surface area contributed by atoms with E-state index in [2.05, 4.69) is 23.5 Å². The summed E-state index contributed by atoms with van der Waals surface area (Å²) < 4.78 is 1.81. The van der Waals surface area contributed by atoms with Gasteiger partial charge in [-0.3, -0.25) is 9.48 Å². The molecule has 0 spiro atoms. The van der Waals surface area contributed by atoms with Crippen molar-refractivity contribution in [1.82, 2.24) is 15.1 Å². The van der Waals surface area contributed by atoms with E-state index in [1.807, 2.05) is 62.7 Å². The summed E-state index contributed by atoms with van der Waals surface area (Å²) in [5.74, 6) is -0.118. The molecule has 148 valence electrons. The highest BCUT2D eigenvalue weighted by Crippen LogP contribution is 2.30. The minimum atomic E-state index is -0.118. The van der Waals surface area contributed by atoms with Crippen molar-refractivity contribution in [3.05, 3.63) is 77.0 Å². The molecule has 0 unspecified atom stereocenters. The van der Waals surface area contributed by atoms with Crippen LogP contribution in [0.1, 0.15) is 60.9 Å². The zero-order valence-corrected chi connectivity index (χ0v) is 17.3. The molecule has 0 aliphatic heterocycles. The van der Waals surface area contributed by atoms with E-state index >= 15 is 0 Å². The second-order valence-corrected chi connectivity index (χ2v) is 7.69. The maximum atomic E-state index is 13.1. The SMILES string of the molecule is CC(C)NC(=O)c1c(Cc2ccccc2)c(-c2ccc(C#N)cc2)nn1C(C)C. The van der Waals surface area contributed by atoms with Crippen LogP contribution in [0.4, 0.5) is 0 Å². The summed E-state index contributed by atoms with van der Waals surface area (Å²) in [4.78, 5) is 13.1. The van der Waals surface area contributed by atoms with E-state index in [1.54, 1.807) is 12.1 Å². The number of nitrogens with zero attached hydrogens (tertiary/aromatic N) is 3. The van der Waals surface area contributed by atoms with Crippen LogP contribution in [-0.4, -0.2) is 21.7 Å². The molecule has 0 atom stereocenters. The van der Waals surface area contributed by atoms with Gasteiger partial charge in [0, 0.05) is 29.6 Å². The van der Waals surface area contributed by atoms with E-state index < -0.39 is 0 Å². The standard InChI is InChI=1S/C24H26N4O/c1-16(2)26-24(29)23-21(14-18-8-6-5-7-9-18)22(27-28(23)17(3)4)20-12-10-19(15-25)11-13-20/h5-13,16-17H,14H2,1-4H3,(H,26,29). The van der Waals surface area contributed by atoms with Crippen LogP contribution in [0.3, 0.4) is 0 Å². The Bertz CT molecular complexity index is 1030. The van der Waals surface area contributed by atoms with Gasteiger partial charge in [-0.2, -0.15) is 10.4 Å². The van der Waals surface area contributed by atoms with Gasteiger partial charge in [-0.15, -0.1) is 0 Å². The maximum absolute atomic E-state index is 13.1. The van der Waals surface area contributed by atoms with Crippen LogP contribution in [-0.2, 0) is 6.42 Å². The minimum Gasteiger partial charge on any atom is -0.349 e. The first kappa shape index (κ1) is 20.3. The highest BCUT2D eigenvalue weighted by molar-refractivity contribution is 5.96. The predicted molar refractivity (Wildman–Crippen MR) is 115 cm³/mol. The lowest BCUT2D eigenvalue weighted by Gasteiger charge is -2.14. The molecule has 3 aromatic rings. The number of nitriles is 1. The molecule has 1 aromatic heterocycles. The average Bonchev–Trinajstić information content (AvgIpc) is 3.08. The Labute approximate surface area is 172 Å². The van der Waals surface area contributed by atoms with Crippen LogP contribution < -0.4 is 5.32 Å². The zero-order chi connectivity index (χ0) is 21.0. The molecule has 5 nitrogen and oxygen atoms in total. The molecular formula is C24H26N4O. The summed E-state index contributed by atoms with van der Waals surface area (Å²) in [6.45, 7) is 7.95. The monoisotopic (exact) mass is 386 g/mol. The number of hydrogen-bond acceptors (Lipinski definition) is 3. The van der Waals surface area contributed by atoms with E-state index in [0.717, 1.165) is 22.4 Å². The highest BCUT2D eigenvalue weighted by Gasteiger charge is 2.26. The van der Waals surface area contributed by atoms with Crippen molar-refractivity contribution in [2.45, 2.75) is 46.2 Å². The van der Waals surface area contributed by atoms with Crippen molar-refractivity contribution < 1.29 is 4.79 Å². The van der Waals surface area contributed by atoms with Crippen LogP contribution in [0.25, 0.3) is 11.3 Å². The molecule has 0 saturated carbocycles. The summed E-state index contributed by atoms with van der Waals surface area (Å²) in [7, 11) is 0. The lowest BCUT2D eigenvalue weighted by molar-refractivity contribution is 0.0929. The Balaban J connectivity index is 2.20. The molecule has 0 aliphatic carbocycles. The van der Waals surface area contributed by atoms with Crippen LogP contribution in [0.15, 0.2) is 54.6 Å². The molecule has 3 rings (SSSR count). The largest absolute Gasteiger partial charge is 0.349 e. The number of carbonyl (C=O) groups excluding carboxylic acids is 1. The number of rotatable bonds is 6. The van der Waals surface area contributed by atoms with Gasteiger partial charge >= 0.3 is 0 Å². The first-order chi connectivity index (χ1) is 13.9. The van der Waals surface area contributed by atoms with E-state index in [4.69, 9.17) is 10.4 Å². The van der Waals surface area contributed by atoms with Crippen molar-refractivity contribution in [2.75, 3.05) is 0 Å². The topological polar surface area (TPSA) is 70.7 Å². The first-order valence-electron chi connectivity index (χ1n) is 9.87. The third kappa shape index (κ3) is 4.55. The fourth-order valence-corrected chi connectivity index (χ4v) is 3.32. The number of aromatic nitrogens is 2. The van der Waals surface area contributed by atoms with Gasteiger partial charge in [0.1, 0.15) is 5.69 Å². The van der Waals surface area contributed by atoms with E-state index in [-0.39, 0.29) is 18.0 Å². The van der Waals surface area contributed by atoms with Crippen molar-refractivity contribution in [2.24, 2.45) is 0 Å². The quantitative estimate of drug-likeness (QED) is 0.666. The lowest BCUT2D eigenvalue weighted by Crippen LogP contribution is -2.33. The number of amides is 1. The Morgan fingerprint density at radius 3 is 2.28 bits per heavy atom. The van der Waals surface area contributed by atoms with Gasteiger partial charge in [0.2, 0.25) is 0 Å². The molecule has 0 saturated heterocycles. The zero-order valence-electron chi connectivity index (χ0n) is 17.3. The van der Waals surface area contributed by atoms with Crippen molar-refractivity contribution in [3.8, 4) is 17.3 Å². The molecule has 1 heterocycles. The van der Waals surface area contributed by atoms with Crippen LogP contribution in [0, 0.1) is 11.3 Å². The predicted octanol–water partition coefficient (Wildman–Crippen LogP) is 4.73. The van der Waals surface area contributed by atoms with Gasteiger partial charge in [-0.1, -0.05) is 42.5 Å². The summed E-state index contributed by atoms with van der Waals surface area (Å²) in [5, 5.41) is 17.0. The van der Waals surface area contributed by atoms with E-state index in [0.29, 0.717) is 17.7 Å². The van der Waals surface area contributed by atoms with Gasteiger partial charge in [0.05, 0.1) is 17.3 Å². The average molecular weight is 386 g/mol. The Hall–Kier alpha value is -3.39. The Morgan fingerprint density at radius 2 is 1.72 bits per heavy atom. The number of carbonyl (C=O) groups is 1. The number of benzene rings is 2. The van der Waals surface area contributed by atoms with Crippen molar-refractivity contribution in [1.29, 1.82) is 5.26 Å². The second-order valence-electron chi connectivity index (χ2n) is 7.69. The molecule has 1 N–H and O–H groups in total. The van der Waals surface area contributed by atoms with Crippen molar-refractivity contribution >= 4 is 5.91 Å². The molecule has 29 heavy (non-hydrogen) atoms. The van der Waals surface area contributed by atoms with E-state index in [9.17, 15) is 4.79 Å². The maximum Gasteiger partial charge on any atom is 0.270 e. The van der Waals surface area contributed by atoms with Gasteiger partial charge < -0.3 is 5.32 Å². The molecule has 2 aromatic carbocycles. The third-order valence-corrected chi connectivity index (χ3v) is 4.64. The highest BCUT2D eigenvalue weighted by atomic mass is 16.2. The van der Waals surface area contributed by atoms with Gasteiger partial charge in [-0.25, -0.2) is 0 Å². The van der Waals surface area contributed by atoms with Crippen LogP contribution in [0.5, 0.6) is 0 Å². The fourth-order valence-electron chi connectivity index (χ4n) is 3.32. The van der Waals surface area contributed by atoms with Gasteiger partial charge in [0.25, 0.3) is 5.91 Å². The molecule has 0 fully saturated rings. The molecule has 0 radical (unpaired) electrons. The van der Waals surface area contributed by atoms with Crippen molar-refractivity contribution in [3.63, 3.8) is 0 Å². The van der Waals surface area contributed by atoms with E-state index in [1.165, 1.54) is 0 Å². The molecule has 0 bridgehead atoms. The summed E-state index contributed by atoms with van der Waals surface area (Å²) in [6, 6.07) is 19.6. The first-order valence-corrected chi connectivity index (χ1v) is 9.87. The molecule has 5 heteroatoms. The molecule has 0 aliphatic rings. The number of nitrogens with one attached hydrogen (secondary N) is 1. The summed E-state index contributed by atoms with van der Waals surface area (Å²) in [5.41, 5.74) is 4.88.